The lowest BCUT2D eigenvalue weighted by Gasteiger charge is -2.33. The van der Waals surface area contributed by atoms with Gasteiger partial charge in [0.25, 0.3) is 0 Å². The fourth-order valence-electron chi connectivity index (χ4n) is 4.52. The van der Waals surface area contributed by atoms with Crippen LogP contribution in [0.1, 0.15) is 38.8 Å². The zero-order valence-corrected chi connectivity index (χ0v) is 25.2. The highest BCUT2D eigenvalue weighted by Gasteiger charge is 2.41. The maximum Gasteiger partial charge on any atom is 0.329 e. The molecule has 2 unspecified atom stereocenters. The van der Waals surface area contributed by atoms with E-state index in [1.165, 1.54) is 34.0 Å². The Morgan fingerprint density at radius 1 is 0.643 bits per heavy atom. The van der Waals surface area contributed by atoms with Crippen LogP contribution in [0, 0.1) is 0 Å². The quantitative estimate of drug-likeness (QED) is 0.108. The summed E-state index contributed by atoms with van der Waals surface area (Å²) in [7, 11) is 2.42. The van der Waals surface area contributed by atoms with E-state index in [9.17, 15) is 30.0 Å². The fourth-order valence-corrected chi connectivity index (χ4v) is 7.30. The van der Waals surface area contributed by atoms with E-state index in [1.54, 1.807) is 52.0 Å². The SMILES string of the molecule is CC(C)(SSC(C)(C)C(N=Cc1c(O)ccc2ccccc12)C(=O)O)C(N=Cc1c(O)ccc2ccccc12)C(=O)O. The van der Waals surface area contributed by atoms with Crippen LogP contribution in [-0.4, -0.2) is 66.4 Å². The molecule has 0 heterocycles. The summed E-state index contributed by atoms with van der Waals surface area (Å²) in [5.41, 5.74) is 0.843. The zero-order chi connectivity index (χ0) is 30.7. The van der Waals surface area contributed by atoms with E-state index in [0.717, 1.165) is 21.5 Å². The van der Waals surface area contributed by atoms with Crippen LogP contribution >= 0.6 is 21.6 Å². The minimum atomic E-state index is -1.21. The van der Waals surface area contributed by atoms with Crippen LogP contribution in [0.5, 0.6) is 11.5 Å². The number of nitrogens with zero attached hydrogens (tertiary/aromatic N) is 2. The number of phenolic OH excluding ortho intramolecular Hbond substituents is 2. The molecule has 4 rings (SSSR count). The minimum absolute atomic E-state index is 0.0121. The van der Waals surface area contributed by atoms with Gasteiger partial charge in [-0.1, -0.05) is 82.3 Å². The van der Waals surface area contributed by atoms with Gasteiger partial charge in [0.2, 0.25) is 0 Å². The Morgan fingerprint density at radius 2 is 1.00 bits per heavy atom. The predicted molar refractivity (Wildman–Crippen MR) is 173 cm³/mol. The van der Waals surface area contributed by atoms with Gasteiger partial charge in [-0.25, -0.2) is 9.59 Å². The number of benzene rings is 4. The molecule has 4 aromatic carbocycles. The molecule has 0 aliphatic heterocycles. The smallest absolute Gasteiger partial charge is 0.329 e. The number of carbonyl (C=O) groups is 2. The third kappa shape index (κ3) is 6.71. The van der Waals surface area contributed by atoms with Crippen LogP contribution in [0.25, 0.3) is 21.5 Å². The van der Waals surface area contributed by atoms with Crippen molar-refractivity contribution in [3.63, 3.8) is 0 Å². The van der Waals surface area contributed by atoms with Crippen LogP contribution in [0.2, 0.25) is 0 Å². The second kappa shape index (κ2) is 12.5. The van der Waals surface area contributed by atoms with Crippen molar-refractivity contribution in [1.29, 1.82) is 0 Å². The van der Waals surface area contributed by atoms with Crippen LogP contribution < -0.4 is 0 Å². The average molecular weight is 605 g/mol. The number of aliphatic carboxylic acids is 2. The largest absolute Gasteiger partial charge is 0.507 e. The Hall–Kier alpha value is -4.02. The molecule has 8 nitrogen and oxygen atoms in total. The lowest BCUT2D eigenvalue weighted by molar-refractivity contribution is -0.140. The number of rotatable bonds is 11. The summed E-state index contributed by atoms with van der Waals surface area (Å²) in [6, 6.07) is 19.1. The molecule has 0 aliphatic carbocycles. The number of carboxylic acid groups (broad SMARTS) is 2. The molecular weight excluding hydrogens is 572 g/mol. The van der Waals surface area contributed by atoms with Crippen molar-refractivity contribution in [3.8, 4) is 11.5 Å². The van der Waals surface area contributed by atoms with Gasteiger partial charge in [0.15, 0.2) is 12.1 Å². The third-order valence-corrected chi connectivity index (χ3v) is 11.1. The highest BCUT2D eigenvalue weighted by Crippen LogP contribution is 2.48. The van der Waals surface area contributed by atoms with E-state index in [-0.39, 0.29) is 11.5 Å². The Labute approximate surface area is 251 Å². The van der Waals surface area contributed by atoms with Gasteiger partial charge >= 0.3 is 11.9 Å². The summed E-state index contributed by atoms with van der Waals surface area (Å²) in [4.78, 5) is 33.4. The molecule has 42 heavy (non-hydrogen) atoms. The molecule has 0 aromatic heterocycles. The molecular formula is C32H32N2O6S2. The zero-order valence-electron chi connectivity index (χ0n) is 23.6. The maximum absolute atomic E-state index is 12.3. The van der Waals surface area contributed by atoms with Crippen molar-refractivity contribution in [2.45, 2.75) is 49.3 Å². The Morgan fingerprint density at radius 3 is 1.36 bits per heavy atom. The molecule has 0 saturated heterocycles. The first-order valence-corrected chi connectivity index (χ1v) is 15.3. The summed E-state index contributed by atoms with van der Waals surface area (Å²) in [6.45, 7) is 6.92. The first-order valence-electron chi connectivity index (χ1n) is 13.1. The van der Waals surface area contributed by atoms with Gasteiger partial charge in [0, 0.05) is 23.6 Å². The molecule has 0 radical (unpaired) electrons. The number of hydrogen-bond acceptors (Lipinski definition) is 8. The monoisotopic (exact) mass is 604 g/mol. The number of phenols is 2. The van der Waals surface area contributed by atoms with Crippen molar-refractivity contribution in [1.82, 2.24) is 0 Å². The van der Waals surface area contributed by atoms with E-state index in [4.69, 9.17) is 0 Å². The van der Waals surface area contributed by atoms with Crippen molar-refractivity contribution in [3.05, 3.63) is 83.9 Å². The fraction of sp³-hybridized carbons (Fsp3) is 0.250. The second-order valence-corrected chi connectivity index (χ2v) is 14.3. The molecule has 0 spiro atoms. The number of hydrogen-bond donors (Lipinski definition) is 4. The molecule has 218 valence electrons. The van der Waals surface area contributed by atoms with E-state index < -0.39 is 33.5 Å². The first-order chi connectivity index (χ1) is 19.8. The minimum Gasteiger partial charge on any atom is -0.507 e. The van der Waals surface area contributed by atoms with E-state index in [0.29, 0.717) is 11.1 Å². The molecule has 0 saturated carbocycles. The van der Waals surface area contributed by atoms with E-state index >= 15 is 0 Å². The molecule has 2 atom stereocenters. The number of fused-ring (bicyclic) bond motifs is 2. The van der Waals surface area contributed by atoms with Crippen molar-refractivity contribution < 1.29 is 30.0 Å². The first kappa shape index (κ1) is 30.9. The normalized spacial score (nSPS) is 14.1. The molecule has 4 N–H and O–H groups in total. The summed E-state index contributed by atoms with van der Waals surface area (Å²) in [6.07, 6.45) is 2.77. The average Bonchev–Trinajstić information content (AvgIpc) is 2.94. The Kier molecular flexibility index (Phi) is 9.18. The molecule has 0 fully saturated rings. The number of aliphatic imine (C=N–C) groups is 2. The summed E-state index contributed by atoms with van der Waals surface area (Å²) in [5.74, 6) is -2.33. The summed E-state index contributed by atoms with van der Waals surface area (Å²) < 4.78 is -1.96. The van der Waals surface area contributed by atoms with Crippen molar-refractivity contribution in [2.75, 3.05) is 0 Å². The summed E-state index contributed by atoms with van der Waals surface area (Å²) in [5, 5.41) is 44.3. The van der Waals surface area contributed by atoms with Crippen molar-refractivity contribution in [2.24, 2.45) is 9.98 Å². The third-order valence-electron chi connectivity index (χ3n) is 6.86. The topological polar surface area (TPSA) is 140 Å². The Balaban J connectivity index is 1.57. The van der Waals surface area contributed by atoms with Crippen LogP contribution in [-0.2, 0) is 9.59 Å². The van der Waals surface area contributed by atoms with Gasteiger partial charge in [-0.2, -0.15) is 0 Å². The van der Waals surface area contributed by atoms with Crippen LogP contribution in [0.15, 0.2) is 82.8 Å². The van der Waals surface area contributed by atoms with Gasteiger partial charge in [-0.05, 0) is 61.4 Å². The molecule has 10 heteroatoms. The van der Waals surface area contributed by atoms with E-state index in [1.807, 2.05) is 48.5 Å². The number of aromatic hydroxyl groups is 2. The highest BCUT2D eigenvalue weighted by atomic mass is 33.1. The molecule has 4 aromatic rings. The van der Waals surface area contributed by atoms with Gasteiger partial charge in [-0.3, -0.25) is 9.98 Å². The summed E-state index contributed by atoms with van der Waals surface area (Å²) >= 11 is 0. The molecule has 0 bridgehead atoms. The van der Waals surface area contributed by atoms with Gasteiger partial charge in [0.1, 0.15) is 11.5 Å². The second-order valence-electron chi connectivity index (χ2n) is 10.9. The predicted octanol–water partition coefficient (Wildman–Crippen LogP) is 6.79. The van der Waals surface area contributed by atoms with E-state index in [2.05, 4.69) is 9.98 Å². The lowest BCUT2D eigenvalue weighted by atomic mass is 10.0. The van der Waals surface area contributed by atoms with Gasteiger partial charge < -0.3 is 20.4 Å². The van der Waals surface area contributed by atoms with Crippen molar-refractivity contribution >= 4 is 67.5 Å². The van der Waals surface area contributed by atoms with Crippen LogP contribution in [0.4, 0.5) is 0 Å². The maximum atomic E-state index is 12.3. The Bertz CT molecular complexity index is 1570. The highest BCUT2D eigenvalue weighted by molar-refractivity contribution is 8.77. The number of carboxylic acids is 2. The van der Waals surface area contributed by atoms with Gasteiger partial charge in [-0.15, -0.1) is 0 Å². The molecule has 0 amide bonds. The van der Waals surface area contributed by atoms with Gasteiger partial charge in [0.05, 0.1) is 9.49 Å². The standard InChI is InChI=1S/C32H32N2O6S2/c1-31(2,27(29(37)38)33-17-23-21-11-7-5-9-19(21)13-15-25(23)35)41-42-32(3,4)28(30(39)40)34-18-24-22-12-8-6-10-20(22)14-16-26(24)36/h5-18,27-28,35-36H,1-4H3,(H,37,38)(H,39,40). The lowest BCUT2D eigenvalue weighted by Crippen LogP contribution is -2.41. The van der Waals surface area contributed by atoms with Crippen LogP contribution in [0.3, 0.4) is 0 Å². The molecule has 0 aliphatic rings.